The molecule has 0 aliphatic rings. The minimum Gasteiger partial charge on any atom is -0.240 e. The van der Waals surface area contributed by atoms with Crippen LogP contribution in [0.5, 0.6) is 0 Å². The van der Waals surface area contributed by atoms with Gasteiger partial charge in [-0.15, -0.1) is 0 Å². The molecule has 0 fully saturated rings. The number of nitrogens with zero attached hydrogens (tertiary/aromatic N) is 9. The van der Waals surface area contributed by atoms with Crippen molar-refractivity contribution in [3.63, 3.8) is 0 Å². The van der Waals surface area contributed by atoms with Gasteiger partial charge >= 0.3 is 0 Å². The van der Waals surface area contributed by atoms with Gasteiger partial charge in [-0.05, 0) is 88.0 Å². The molecule has 0 atom stereocenters. The molecule has 57 heavy (non-hydrogen) atoms. The third-order valence-corrected chi connectivity index (χ3v) is 9.93. The Morgan fingerprint density at radius 2 is 0.579 bits per heavy atom. The summed E-state index contributed by atoms with van der Waals surface area (Å²) in [4.78, 5) is 15.8. The monoisotopic (exact) mass is 735 g/mol. The molecule has 0 bridgehead atoms. The Morgan fingerprint density at radius 3 is 0.842 bits per heavy atom. The molecule has 10 rings (SSSR count). The maximum Gasteiger partial charge on any atom is 0.166 e. The van der Waals surface area contributed by atoms with Gasteiger partial charge in [-0.1, -0.05) is 109 Å². The maximum absolute atomic E-state index is 5.28. The lowest BCUT2D eigenvalue weighted by Gasteiger charge is -2.17. The average Bonchev–Trinajstić information content (AvgIpc) is 4.13. The van der Waals surface area contributed by atoms with Crippen molar-refractivity contribution in [2.24, 2.45) is 0 Å². The van der Waals surface area contributed by atoms with Crippen molar-refractivity contribution in [1.82, 2.24) is 44.3 Å². The molecule has 0 radical (unpaired) electrons. The van der Waals surface area contributed by atoms with Crippen molar-refractivity contribution in [3.8, 4) is 84.6 Å². The second kappa shape index (κ2) is 14.7. The van der Waals surface area contributed by atoms with Crippen LogP contribution < -0.4 is 0 Å². The van der Waals surface area contributed by atoms with Crippen LogP contribution in [0.15, 0.2) is 201 Å². The molecule has 0 saturated heterocycles. The van der Waals surface area contributed by atoms with E-state index in [9.17, 15) is 0 Å². The molecule has 9 heteroatoms. The first-order chi connectivity index (χ1) is 28.2. The Hall–Kier alpha value is -8.04. The van der Waals surface area contributed by atoms with Crippen LogP contribution in [0.2, 0.25) is 0 Å². The van der Waals surface area contributed by atoms with E-state index in [0.29, 0.717) is 17.5 Å². The van der Waals surface area contributed by atoms with E-state index in [4.69, 9.17) is 15.0 Å². The van der Waals surface area contributed by atoms with Crippen molar-refractivity contribution in [1.29, 1.82) is 0 Å². The van der Waals surface area contributed by atoms with Crippen molar-refractivity contribution in [2.45, 2.75) is 0 Å². The fourth-order valence-electron chi connectivity index (χ4n) is 7.13. The zero-order valence-electron chi connectivity index (χ0n) is 30.6. The fraction of sp³-hybridized carbons (Fsp3) is 0. The summed E-state index contributed by atoms with van der Waals surface area (Å²) in [7, 11) is 0. The first-order valence-corrected chi connectivity index (χ1v) is 18.6. The lowest BCUT2D eigenvalue weighted by Crippen LogP contribution is -2.07. The van der Waals surface area contributed by atoms with Crippen LogP contribution in [0, 0.1) is 0 Å². The predicted octanol–water partition coefficient (Wildman–Crippen LogP) is 10.4. The molecule has 0 spiro atoms. The summed E-state index contributed by atoms with van der Waals surface area (Å²) in [6.07, 6.45) is 11.1. The van der Waals surface area contributed by atoms with Crippen LogP contribution in [-0.4, -0.2) is 44.3 Å². The number of rotatable bonds is 9. The van der Waals surface area contributed by atoms with E-state index >= 15 is 0 Å². The summed E-state index contributed by atoms with van der Waals surface area (Å²) < 4.78 is 5.58. The Bertz CT molecular complexity index is 2590. The van der Waals surface area contributed by atoms with Gasteiger partial charge in [-0.2, -0.15) is 15.3 Å². The second-order valence-corrected chi connectivity index (χ2v) is 13.5. The van der Waals surface area contributed by atoms with Gasteiger partial charge in [0.05, 0.1) is 17.1 Å². The Kier molecular flexibility index (Phi) is 8.62. The van der Waals surface area contributed by atoms with Crippen molar-refractivity contribution >= 4 is 0 Å². The molecule has 270 valence electrons. The first-order valence-electron chi connectivity index (χ1n) is 18.6. The van der Waals surface area contributed by atoms with Gasteiger partial charge in [0.1, 0.15) is 0 Å². The van der Waals surface area contributed by atoms with E-state index in [0.717, 1.165) is 67.1 Å². The third-order valence-electron chi connectivity index (χ3n) is 9.93. The van der Waals surface area contributed by atoms with Gasteiger partial charge in [-0.3, -0.25) is 0 Å². The number of benzene rings is 6. The number of hydrogen-bond acceptors (Lipinski definition) is 6. The topological polar surface area (TPSA) is 92.1 Å². The second-order valence-electron chi connectivity index (χ2n) is 13.5. The van der Waals surface area contributed by atoms with E-state index in [2.05, 4.69) is 106 Å². The fourth-order valence-corrected chi connectivity index (χ4v) is 7.13. The molecule has 0 aliphatic heterocycles. The molecule has 4 heterocycles. The highest BCUT2D eigenvalue weighted by atomic mass is 15.3. The molecule has 4 aromatic heterocycles. The van der Waals surface area contributed by atoms with Gasteiger partial charge < -0.3 is 0 Å². The van der Waals surface area contributed by atoms with E-state index in [1.54, 1.807) is 18.6 Å². The van der Waals surface area contributed by atoms with E-state index in [1.807, 2.05) is 105 Å². The minimum absolute atomic E-state index is 0.497. The van der Waals surface area contributed by atoms with Crippen molar-refractivity contribution in [2.75, 3.05) is 0 Å². The largest absolute Gasteiger partial charge is 0.240 e. The summed E-state index contributed by atoms with van der Waals surface area (Å²) in [6, 6.07) is 55.6. The highest BCUT2D eigenvalue weighted by Gasteiger charge is 2.22. The normalized spacial score (nSPS) is 11.2. The molecule has 0 amide bonds. The van der Waals surface area contributed by atoms with Crippen LogP contribution >= 0.6 is 0 Å². The van der Waals surface area contributed by atoms with Crippen molar-refractivity contribution < 1.29 is 0 Å². The van der Waals surface area contributed by atoms with Gasteiger partial charge in [0.2, 0.25) is 0 Å². The molecule has 0 saturated carbocycles. The summed E-state index contributed by atoms with van der Waals surface area (Å²) in [6.45, 7) is 0. The predicted molar refractivity (Wildman–Crippen MR) is 224 cm³/mol. The van der Waals surface area contributed by atoms with E-state index in [-0.39, 0.29) is 0 Å². The Morgan fingerprint density at radius 1 is 0.281 bits per heavy atom. The third kappa shape index (κ3) is 6.59. The van der Waals surface area contributed by atoms with Crippen LogP contribution in [-0.2, 0) is 0 Å². The summed E-state index contributed by atoms with van der Waals surface area (Å²) in [5, 5.41) is 14.0. The Labute approximate surface area is 328 Å². The van der Waals surface area contributed by atoms with Gasteiger partial charge in [0, 0.05) is 53.9 Å². The highest BCUT2D eigenvalue weighted by Crippen LogP contribution is 2.36. The summed E-state index contributed by atoms with van der Waals surface area (Å²) >= 11 is 0. The van der Waals surface area contributed by atoms with Crippen LogP contribution in [0.1, 0.15) is 0 Å². The minimum atomic E-state index is 0.497. The quantitative estimate of drug-likeness (QED) is 0.147. The zero-order chi connectivity index (χ0) is 38.0. The SMILES string of the molecule is c1ccc(-c2ccc(-c3nc(-c4ccc(-c5ccccc5)cc4-n4cccn4)nc(-c4ccc(-c5ccccc5)cc4-n4cccn4)n3)c(-n3cccn3)c2)cc1. The number of hydrogen-bond donors (Lipinski definition) is 0. The molecular formula is C48H33N9. The van der Waals surface area contributed by atoms with Crippen LogP contribution in [0.25, 0.3) is 84.6 Å². The van der Waals surface area contributed by atoms with E-state index in [1.165, 1.54) is 0 Å². The van der Waals surface area contributed by atoms with Crippen molar-refractivity contribution in [3.05, 3.63) is 201 Å². The van der Waals surface area contributed by atoms with Crippen LogP contribution in [0.3, 0.4) is 0 Å². The molecule has 0 unspecified atom stereocenters. The smallest absolute Gasteiger partial charge is 0.166 e. The lowest BCUT2D eigenvalue weighted by atomic mass is 10.0. The highest BCUT2D eigenvalue weighted by molar-refractivity contribution is 5.82. The maximum atomic E-state index is 5.28. The van der Waals surface area contributed by atoms with E-state index < -0.39 is 0 Å². The molecule has 0 N–H and O–H groups in total. The number of aromatic nitrogens is 9. The molecular weight excluding hydrogens is 703 g/mol. The van der Waals surface area contributed by atoms with Gasteiger partial charge in [-0.25, -0.2) is 29.0 Å². The summed E-state index contributed by atoms with van der Waals surface area (Å²) in [5.74, 6) is 1.49. The Balaban J connectivity index is 1.23. The first kappa shape index (κ1) is 33.5. The molecule has 9 nitrogen and oxygen atoms in total. The standard InChI is InChI=1S/C48H33N9/c1-4-13-34(14-5-1)37-19-22-40(43(31-37)55-28-10-25-49-55)46-52-47(41-23-20-38(35-15-6-2-7-16-35)32-44(41)56-29-11-26-50-56)54-48(53-46)42-24-21-39(36-17-8-3-9-18-36)33-45(42)57-30-12-27-51-57/h1-33H. The zero-order valence-corrected chi connectivity index (χ0v) is 30.6. The van der Waals surface area contributed by atoms with Gasteiger partial charge in [0.25, 0.3) is 0 Å². The van der Waals surface area contributed by atoms with Crippen LogP contribution in [0.4, 0.5) is 0 Å². The average molecular weight is 736 g/mol. The molecule has 6 aromatic carbocycles. The summed E-state index contributed by atoms with van der Waals surface area (Å²) in [5.41, 5.74) is 11.3. The van der Waals surface area contributed by atoms with Gasteiger partial charge in [0.15, 0.2) is 17.5 Å². The molecule has 0 aliphatic carbocycles. The molecule has 10 aromatic rings. The lowest BCUT2D eigenvalue weighted by molar-refractivity contribution is 0.874.